The first-order valence-corrected chi connectivity index (χ1v) is 14.9. The minimum atomic E-state index is -3.61. The van der Waals surface area contributed by atoms with E-state index >= 15 is 0 Å². The third-order valence-electron chi connectivity index (χ3n) is 6.23. The van der Waals surface area contributed by atoms with Gasteiger partial charge in [-0.2, -0.15) is 0 Å². The van der Waals surface area contributed by atoms with Gasteiger partial charge in [-0.3, -0.25) is 13.9 Å². The first kappa shape index (κ1) is 28.8. The minimum absolute atomic E-state index is 0.00963. The van der Waals surface area contributed by atoms with Crippen molar-refractivity contribution in [1.82, 2.24) is 10.2 Å². The monoisotopic (exact) mass is 595 g/mol. The van der Waals surface area contributed by atoms with Crippen LogP contribution in [0.25, 0.3) is 0 Å². The lowest BCUT2D eigenvalue weighted by Crippen LogP contribution is -2.49. The Balaban J connectivity index is 1.72. The maximum Gasteiger partial charge on any atom is 0.242 e. The molecule has 2 aromatic carbocycles. The van der Waals surface area contributed by atoms with Gasteiger partial charge in [0.05, 0.1) is 11.9 Å². The van der Waals surface area contributed by atoms with Gasteiger partial charge in [0.1, 0.15) is 6.04 Å². The van der Waals surface area contributed by atoms with E-state index in [9.17, 15) is 18.0 Å². The van der Waals surface area contributed by atoms with Crippen molar-refractivity contribution in [2.24, 2.45) is 0 Å². The molecule has 37 heavy (non-hydrogen) atoms. The van der Waals surface area contributed by atoms with Crippen molar-refractivity contribution in [3.05, 3.63) is 52.5 Å². The molecule has 0 spiro atoms. The summed E-state index contributed by atoms with van der Waals surface area (Å²) in [5.41, 5.74) is 1.32. The van der Waals surface area contributed by atoms with E-state index in [0.717, 1.165) is 22.7 Å². The summed E-state index contributed by atoms with van der Waals surface area (Å²) < 4.78 is 37.9. The number of nitrogens with zero attached hydrogens (tertiary/aromatic N) is 2. The average Bonchev–Trinajstić information content (AvgIpc) is 3.32. The van der Waals surface area contributed by atoms with Gasteiger partial charge < -0.3 is 19.7 Å². The average molecular weight is 597 g/mol. The molecule has 2 aromatic rings. The smallest absolute Gasteiger partial charge is 0.242 e. The second-order valence-corrected chi connectivity index (χ2v) is 11.9. The fourth-order valence-electron chi connectivity index (χ4n) is 3.88. The van der Waals surface area contributed by atoms with Crippen molar-refractivity contribution in [1.29, 1.82) is 0 Å². The molecule has 2 atom stereocenters. The lowest BCUT2D eigenvalue weighted by molar-refractivity contribution is -0.140. The molecule has 1 aliphatic rings. The highest BCUT2D eigenvalue weighted by molar-refractivity contribution is 9.10. The number of sulfonamides is 1. The highest BCUT2D eigenvalue weighted by Crippen LogP contribution is 2.36. The number of hydrogen-bond acceptors (Lipinski definition) is 6. The molecule has 2 amide bonds. The number of nitrogens with one attached hydrogen (secondary N) is 1. The molecule has 202 valence electrons. The summed E-state index contributed by atoms with van der Waals surface area (Å²) in [6, 6.07) is 11.8. The quantitative estimate of drug-likeness (QED) is 0.397. The molecule has 0 unspecified atom stereocenters. The number of fused-ring (bicyclic) bond motifs is 1. The van der Waals surface area contributed by atoms with Crippen molar-refractivity contribution in [3.8, 4) is 11.5 Å². The fourth-order valence-corrected chi connectivity index (χ4v) is 5.10. The first-order chi connectivity index (χ1) is 17.5. The van der Waals surface area contributed by atoms with Crippen LogP contribution in [0.1, 0.15) is 45.6 Å². The number of carbonyl (C=O) groups excluding carboxylic acids is 2. The van der Waals surface area contributed by atoms with Gasteiger partial charge in [-0.25, -0.2) is 8.42 Å². The van der Waals surface area contributed by atoms with Gasteiger partial charge >= 0.3 is 0 Å². The molecule has 3 rings (SSSR count). The summed E-state index contributed by atoms with van der Waals surface area (Å²) in [5, 5.41) is 2.95. The number of amides is 2. The number of carbonyl (C=O) groups is 2. The predicted molar refractivity (Wildman–Crippen MR) is 146 cm³/mol. The van der Waals surface area contributed by atoms with Gasteiger partial charge in [0.15, 0.2) is 11.5 Å². The summed E-state index contributed by atoms with van der Waals surface area (Å²) in [6.45, 7) is 6.06. The van der Waals surface area contributed by atoms with Gasteiger partial charge in [0, 0.05) is 36.1 Å². The third-order valence-corrected chi connectivity index (χ3v) is 7.95. The largest absolute Gasteiger partial charge is 0.454 e. The number of benzene rings is 2. The van der Waals surface area contributed by atoms with E-state index in [-0.39, 0.29) is 50.6 Å². The standard InChI is InChI=1S/C26H34BrN3O6S/c1-5-18(2)28-26(32)19(3)29(16-20-8-10-21(27)11-9-20)25(31)7-6-14-30(37(4,33)34)22-12-13-23-24(15-22)36-17-35-23/h8-13,15,18-19H,5-7,14,16-17H2,1-4H3,(H,28,32)/t18-,19-/m0/s1. The van der Waals surface area contributed by atoms with E-state index in [4.69, 9.17) is 9.47 Å². The molecule has 0 aromatic heterocycles. The molecule has 0 saturated carbocycles. The summed E-state index contributed by atoms with van der Waals surface area (Å²) in [7, 11) is -3.61. The van der Waals surface area contributed by atoms with Crippen molar-refractivity contribution in [3.63, 3.8) is 0 Å². The summed E-state index contributed by atoms with van der Waals surface area (Å²) in [6.07, 6.45) is 2.26. The topological polar surface area (TPSA) is 105 Å². The molecular formula is C26H34BrN3O6S. The van der Waals surface area contributed by atoms with Crippen molar-refractivity contribution < 1.29 is 27.5 Å². The Morgan fingerprint density at radius 2 is 1.76 bits per heavy atom. The fraction of sp³-hybridized carbons (Fsp3) is 0.462. The van der Waals surface area contributed by atoms with Gasteiger partial charge in [0.25, 0.3) is 0 Å². The zero-order valence-electron chi connectivity index (χ0n) is 21.6. The van der Waals surface area contributed by atoms with Crippen molar-refractivity contribution >= 4 is 43.5 Å². The summed E-state index contributed by atoms with van der Waals surface area (Å²) >= 11 is 3.41. The van der Waals surface area contributed by atoms with E-state index in [0.29, 0.717) is 17.2 Å². The molecule has 0 bridgehead atoms. The zero-order chi connectivity index (χ0) is 27.2. The number of ether oxygens (including phenoxy) is 2. The van der Waals surface area contributed by atoms with E-state index in [1.54, 1.807) is 30.0 Å². The van der Waals surface area contributed by atoms with Crippen LogP contribution in [0, 0.1) is 0 Å². The number of anilines is 1. The van der Waals surface area contributed by atoms with Crippen LogP contribution in [-0.4, -0.2) is 56.8 Å². The highest BCUT2D eigenvalue weighted by Gasteiger charge is 2.27. The number of rotatable bonds is 12. The number of hydrogen-bond donors (Lipinski definition) is 1. The van der Waals surface area contributed by atoms with Crippen molar-refractivity contribution in [2.45, 2.75) is 58.7 Å². The van der Waals surface area contributed by atoms with Crippen molar-refractivity contribution in [2.75, 3.05) is 23.9 Å². The molecule has 0 aliphatic carbocycles. The Hall–Kier alpha value is -2.79. The second-order valence-electron chi connectivity index (χ2n) is 9.12. The van der Waals surface area contributed by atoms with Crippen LogP contribution in [0.5, 0.6) is 11.5 Å². The molecule has 1 heterocycles. The van der Waals surface area contributed by atoms with Crippen LogP contribution in [-0.2, 0) is 26.2 Å². The van der Waals surface area contributed by atoms with E-state index < -0.39 is 16.1 Å². The van der Waals surface area contributed by atoms with E-state index in [1.165, 1.54) is 4.31 Å². The predicted octanol–water partition coefficient (Wildman–Crippen LogP) is 4.06. The molecular weight excluding hydrogens is 562 g/mol. The van der Waals surface area contributed by atoms with Crippen LogP contribution in [0.15, 0.2) is 46.9 Å². The minimum Gasteiger partial charge on any atom is -0.454 e. The lowest BCUT2D eigenvalue weighted by atomic mass is 10.1. The van der Waals surface area contributed by atoms with Gasteiger partial charge in [-0.1, -0.05) is 35.0 Å². The molecule has 0 fully saturated rings. The Labute approximate surface area is 227 Å². The molecule has 1 aliphatic heterocycles. The Kier molecular flexibility index (Phi) is 9.83. The number of halogens is 1. The van der Waals surface area contributed by atoms with Crippen LogP contribution >= 0.6 is 15.9 Å². The highest BCUT2D eigenvalue weighted by atomic mass is 79.9. The second kappa shape index (κ2) is 12.6. The normalized spacial score (nSPS) is 14.1. The zero-order valence-corrected chi connectivity index (χ0v) is 24.0. The Morgan fingerprint density at radius 3 is 2.41 bits per heavy atom. The van der Waals surface area contributed by atoms with Crippen LogP contribution in [0.3, 0.4) is 0 Å². The summed E-state index contributed by atoms with van der Waals surface area (Å²) in [5.74, 6) is 0.580. The van der Waals surface area contributed by atoms with Crippen LogP contribution in [0.4, 0.5) is 5.69 Å². The molecule has 11 heteroatoms. The van der Waals surface area contributed by atoms with E-state index in [1.807, 2.05) is 38.1 Å². The van der Waals surface area contributed by atoms with Gasteiger partial charge in [-0.15, -0.1) is 0 Å². The van der Waals surface area contributed by atoms with E-state index in [2.05, 4.69) is 21.2 Å². The third kappa shape index (κ3) is 7.85. The van der Waals surface area contributed by atoms with Gasteiger partial charge in [0.2, 0.25) is 28.6 Å². The molecule has 9 nitrogen and oxygen atoms in total. The Bertz CT molecular complexity index is 1210. The lowest BCUT2D eigenvalue weighted by Gasteiger charge is -2.30. The SMILES string of the molecule is CC[C@H](C)NC(=O)[C@H](C)N(Cc1ccc(Br)cc1)C(=O)CCCN(c1ccc2c(c1)OCO2)S(C)(=O)=O. The Morgan fingerprint density at radius 1 is 1.08 bits per heavy atom. The molecule has 1 N–H and O–H groups in total. The maximum atomic E-state index is 13.4. The first-order valence-electron chi connectivity index (χ1n) is 12.2. The van der Waals surface area contributed by atoms with Crippen LogP contribution < -0.4 is 19.1 Å². The van der Waals surface area contributed by atoms with Gasteiger partial charge in [-0.05, 0) is 56.5 Å². The molecule has 0 saturated heterocycles. The molecule has 0 radical (unpaired) electrons. The maximum absolute atomic E-state index is 13.4. The summed E-state index contributed by atoms with van der Waals surface area (Å²) in [4.78, 5) is 27.8. The van der Waals surface area contributed by atoms with Crippen LogP contribution in [0.2, 0.25) is 0 Å².